The second-order valence-electron chi connectivity index (χ2n) is 4.64. The average molecular weight is 317 g/mol. The summed E-state index contributed by atoms with van der Waals surface area (Å²) in [5, 5.41) is 10.9. The number of hydrogen-bond donors (Lipinski definition) is 2. The first-order valence-corrected chi connectivity index (χ1v) is 6.85. The van der Waals surface area contributed by atoms with Crippen LogP contribution in [-0.4, -0.2) is 29.8 Å². The van der Waals surface area contributed by atoms with Crippen LogP contribution in [0.25, 0.3) is 0 Å². The summed E-state index contributed by atoms with van der Waals surface area (Å²) in [6, 6.07) is 9.67. The lowest BCUT2D eigenvalue weighted by Crippen LogP contribution is -2.25. The summed E-state index contributed by atoms with van der Waals surface area (Å²) in [7, 11) is 0. The molecular weight excluding hydrogens is 302 g/mol. The first-order valence-electron chi connectivity index (χ1n) is 6.85. The van der Waals surface area contributed by atoms with E-state index in [0.29, 0.717) is 17.1 Å². The van der Waals surface area contributed by atoms with Crippen LogP contribution in [0.5, 0.6) is 5.75 Å². The van der Waals surface area contributed by atoms with Gasteiger partial charge in [0.1, 0.15) is 24.4 Å². The number of carboxylic acids is 1. The zero-order valence-corrected chi connectivity index (χ0v) is 12.2. The number of carbonyl (C=O) groups excluding carboxylic acids is 2. The molecule has 0 atom stereocenters. The van der Waals surface area contributed by atoms with Crippen molar-refractivity contribution >= 4 is 18.2 Å². The molecule has 1 aromatic heterocycles. The molecule has 7 nitrogen and oxygen atoms in total. The Labute approximate surface area is 131 Å². The zero-order chi connectivity index (χ0) is 16.7. The summed E-state index contributed by atoms with van der Waals surface area (Å²) < 4.78 is 10.8. The van der Waals surface area contributed by atoms with Crippen molar-refractivity contribution in [2.45, 2.75) is 13.0 Å². The second-order valence-corrected chi connectivity index (χ2v) is 4.64. The van der Waals surface area contributed by atoms with Crippen LogP contribution >= 0.6 is 0 Å². The van der Waals surface area contributed by atoms with Gasteiger partial charge < -0.3 is 19.6 Å². The Balaban J connectivity index is 1.85. The highest BCUT2D eigenvalue weighted by atomic mass is 16.5. The van der Waals surface area contributed by atoms with E-state index in [-0.39, 0.29) is 25.3 Å². The number of amides is 1. The van der Waals surface area contributed by atoms with Crippen LogP contribution in [0.2, 0.25) is 0 Å². The fourth-order valence-electron chi connectivity index (χ4n) is 1.74. The molecule has 0 saturated heterocycles. The molecule has 0 fully saturated rings. The molecule has 2 rings (SSSR count). The molecule has 0 radical (unpaired) electrons. The molecule has 1 amide bonds. The third-order valence-corrected chi connectivity index (χ3v) is 2.91. The van der Waals surface area contributed by atoms with E-state index in [1.165, 1.54) is 6.07 Å². The summed E-state index contributed by atoms with van der Waals surface area (Å²) >= 11 is 0. The first-order chi connectivity index (χ1) is 11.1. The van der Waals surface area contributed by atoms with Gasteiger partial charge in [0, 0.05) is 12.1 Å². The highest BCUT2D eigenvalue weighted by molar-refractivity contribution is 5.91. The number of benzene rings is 1. The maximum Gasteiger partial charge on any atom is 0.305 e. The van der Waals surface area contributed by atoms with Crippen LogP contribution in [0.1, 0.15) is 33.1 Å². The van der Waals surface area contributed by atoms with E-state index in [1.807, 2.05) is 0 Å². The van der Waals surface area contributed by atoms with Gasteiger partial charge in [0.2, 0.25) is 0 Å². The van der Waals surface area contributed by atoms with Crippen molar-refractivity contribution in [1.82, 2.24) is 5.32 Å². The highest BCUT2D eigenvalue weighted by Crippen LogP contribution is 2.15. The largest absolute Gasteiger partial charge is 0.486 e. The third kappa shape index (κ3) is 4.99. The van der Waals surface area contributed by atoms with Gasteiger partial charge in [0.15, 0.2) is 5.76 Å². The molecular formula is C16H15NO6. The maximum absolute atomic E-state index is 11.7. The van der Waals surface area contributed by atoms with E-state index >= 15 is 0 Å². The Bertz CT molecular complexity index is 689. The minimum atomic E-state index is -0.987. The van der Waals surface area contributed by atoms with E-state index < -0.39 is 11.9 Å². The molecule has 23 heavy (non-hydrogen) atoms. The lowest BCUT2D eigenvalue weighted by Gasteiger charge is -2.04. The Morgan fingerprint density at radius 2 is 1.91 bits per heavy atom. The minimum Gasteiger partial charge on any atom is -0.486 e. The van der Waals surface area contributed by atoms with Gasteiger partial charge in [-0.3, -0.25) is 14.4 Å². The predicted octanol–water partition coefficient (Wildman–Crippen LogP) is 1.88. The van der Waals surface area contributed by atoms with Crippen LogP contribution in [-0.2, 0) is 11.4 Å². The fourth-order valence-corrected chi connectivity index (χ4v) is 1.74. The number of furan rings is 1. The number of nitrogens with one attached hydrogen (secondary N) is 1. The molecule has 1 heterocycles. The molecule has 120 valence electrons. The van der Waals surface area contributed by atoms with E-state index in [2.05, 4.69) is 5.32 Å². The standard InChI is InChI=1S/C16H15NO6/c18-9-11-1-3-12(4-2-11)22-10-13-5-6-14(23-13)16(21)17-8-7-15(19)20/h1-6,9H,7-8,10H2,(H,17,21)(H,19,20). The van der Waals surface area contributed by atoms with Crippen molar-refractivity contribution in [3.05, 3.63) is 53.5 Å². The fraction of sp³-hybridized carbons (Fsp3) is 0.188. The number of ether oxygens (including phenoxy) is 1. The molecule has 7 heteroatoms. The first kappa shape index (κ1) is 16.3. The molecule has 0 unspecified atom stereocenters. The zero-order valence-electron chi connectivity index (χ0n) is 12.2. The van der Waals surface area contributed by atoms with Gasteiger partial charge in [-0.25, -0.2) is 0 Å². The van der Waals surface area contributed by atoms with Gasteiger partial charge in [0.25, 0.3) is 5.91 Å². The minimum absolute atomic E-state index is 0.0315. The number of carbonyl (C=O) groups is 3. The molecule has 2 N–H and O–H groups in total. The topological polar surface area (TPSA) is 106 Å². The summed E-state index contributed by atoms with van der Waals surface area (Å²) in [6.45, 7) is 0.159. The molecule has 0 aliphatic rings. The SMILES string of the molecule is O=Cc1ccc(OCc2ccc(C(=O)NCCC(=O)O)o2)cc1. The van der Waals surface area contributed by atoms with E-state index in [1.54, 1.807) is 30.3 Å². The van der Waals surface area contributed by atoms with Gasteiger partial charge in [-0.2, -0.15) is 0 Å². The lowest BCUT2D eigenvalue weighted by molar-refractivity contribution is -0.136. The smallest absolute Gasteiger partial charge is 0.305 e. The van der Waals surface area contributed by atoms with Crippen molar-refractivity contribution in [3.8, 4) is 5.75 Å². The van der Waals surface area contributed by atoms with Gasteiger partial charge in [-0.15, -0.1) is 0 Å². The summed E-state index contributed by atoms with van der Waals surface area (Å²) in [4.78, 5) is 32.6. The van der Waals surface area contributed by atoms with Crippen LogP contribution in [0.15, 0.2) is 40.8 Å². The third-order valence-electron chi connectivity index (χ3n) is 2.91. The lowest BCUT2D eigenvalue weighted by atomic mass is 10.2. The van der Waals surface area contributed by atoms with E-state index in [0.717, 1.165) is 6.29 Å². The van der Waals surface area contributed by atoms with Gasteiger partial charge in [-0.1, -0.05) is 0 Å². The Morgan fingerprint density at radius 1 is 1.17 bits per heavy atom. The van der Waals surface area contributed by atoms with Crippen molar-refractivity contribution in [2.24, 2.45) is 0 Å². The van der Waals surface area contributed by atoms with Crippen molar-refractivity contribution in [3.63, 3.8) is 0 Å². The highest BCUT2D eigenvalue weighted by Gasteiger charge is 2.11. The maximum atomic E-state index is 11.7. The summed E-state index contributed by atoms with van der Waals surface area (Å²) in [5.41, 5.74) is 0.552. The monoisotopic (exact) mass is 317 g/mol. The molecule has 0 saturated carbocycles. The van der Waals surface area contributed by atoms with Gasteiger partial charge in [-0.05, 0) is 36.4 Å². The number of hydrogen-bond acceptors (Lipinski definition) is 5. The Hall–Kier alpha value is -3.09. The average Bonchev–Trinajstić information content (AvgIpc) is 3.02. The Morgan fingerprint density at radius 3 is 2.57 bits per heavy atom. The van der Waals surface area contributed by atoms with Crippen molar-refractivity contribution < 1.29 is 28.6 Å². The van der Waals surface area contributed by atoms with Gasteiger partial charge >= 0.3 is 5.97 Å². The quantitative estimate of drug-likeness (QED) is 0.720. The molecule has 0 aliphatic carbocycles. The van der Waals surface area contributed by atoms with Crippen LogP contribution < -0.4 is 10.1 Å². The summed E-state index contributed by atoms with van der Waals surface area (Å²) in [6.07, 6.45) is 0.588. The van der Waals surface area contributed by atoms with Crippen LogP contribution in [0.4, 0.5) is 0 Å². The van der Waals surface area contributed by atoms with Crippen molar-refractivity contribution in [1.29, 1.82) is 0 Å². The van der Waals surface area contributed by atoms with Crippen molar-refractivity contribution in [2.75, 3.05) is 6.54 Å². The molecule has 2 aromatic rings. The normalized spacial score (nSPS) is 10.1. The molecule has 1 aromatic carbocycles. The van der Waals surface area contributed by atoms with E-state index in [9.17, 15) is 14.4 Å². The van der Waals surface area contributed by atoms with Gasteiger partial charge in [0.05, 0.1) is 6.42 Å². The molecule has 0 bridgehead atoms. The molecule has 0 spiro atoms. The number of aliphatic carboxylic acids is 1. The van der Waals surface area contributed by atoms with Crippen LogP contribution in [0.3, 0.4) is 0 Å². The number of aldehydes is 1. The van der Waals surface area contributed by atoms with E-state index in [4.69, 9.17) is 14.3 Å². The number of carboxylic acid groups (broad SMARTS) is 1. The van der Waals surface area contributed by atoms with Crippen LogP contribution in [0, 0.1) is 0 Å². The number of rotatable bonds is 8. The summed E-state index contributed by atoms with van der Waals surface area (Å²) in [5.74, 6) is -0.357. The molecule has 0 aliphatic heterocycles. The second kappa shape index (κ2) is 7.79. The Kier molecular flexibility index (Phi) is 5.51. The predicted molar refractivity (Wildman–Crippen MR) is 79.5 cm³/mol.